The van der Waals surface area contributed by atoms with E-state index in [9.17, 15) is 35.1 Å². The molecule has 0 aromatic heterocycles. The highest BCUT2D eigenvalue weighted by Crippen LogP contribution is 2.71. The fraction of sp³-hybridized carbons (Fsp3) is 0.878. The average molecular weight is 955 g/mol. The van der Waals surface area contributed by atoms with Gasteiger partial charge in [-0.3, -0.25) is 4.79 Å². The summed E-state index contributed by atoms with van der Waals surface area (Å²) < 4.78 is 67.2. The Labute approximate surface area is 394 Å². The first-order valence-corrected chi connectivity index (χ1v) is 24.2. The topological polar surface area (TPSA) is 237 Å². The van der Waals surface area contributed by atoms with Crippen molar-refractivity contribution in [1.82, 2.24) is 0 Å². The van der Waals surface area contributed by atoms with E-state index in [1.807, 2.05) is 19.9 Å². The number of aliphatic hydroxyl groups is 5. The quantitative estimate of drug-likeness (QED) is 0.101. The van der Waals surface area contributed by atoms with Gasteiger partial charge in [0.2, 0.25) is 0 Å². The zero-order valence-electron chi connectivity index (χ0n) is 41.4. The molecule has 7 aliphatic rings. The van der Waals surface area contributed by atoms with Crippen LogP contribution in [0.15, 0.2) is 23.3 Å². The number of aliphatic hydroxyl groups excluding tert-OH is 2. The summed E-state index contributed by atoms with van der Waals surface area (Å²) in [6.07, 6.45) is -5.24. The molecule has 4 aliphatic carbocycles. The summed E-state index contributed by atoms with van der Waals surface area (Å²) in [4.78, 5) is 25.7. The number of rotatable bonds is 13. The molecule has 22 atom stereocenters. The van der Waals surface area contributed by atoms with Gasteiger partial charge < -0.3 is 77.6 Å². The van der Waals surface area contributed by atoms with Crippen LogP contribution in [0.3, 0.4) is 0 Å². The summed E-state index contributed by atoms with van der Waals surface area (Å²) in [6.45, 7) is 15.4. The van der Waals surface area contributed by atoms with Crippen LogP contribution in [0.1, 0.15) is 120 Å². The number of hydrogen-bond donors (Lipinski definition) is 5. The van der Waals surface area contributed by atoms with Gasteiger partial charge in [0.15, 0.2) is 18.9 Å². The number of carbonyl (C=O) groups is 2. The lowest BCUT2D eigenvalue weighted by Gasteiger charge is -2.67. The van der Waals surface area contributed by atoms with E-state index in [1.165, 1.54) is 14.0 Å². The molecule has 67 heavy (non-hydrogen) atoms. The Morgan fingerprint density at radius 1 is 0.791 bits per heavy atom. The van der Waals surface area contributed by atoms with Crippen molar-refractivity contribution >= 4 is 11.9 Å². The monoisotopic (exact) mass is 955 g/mol. The van der Waals surface area contributed by atoms with E-state index in [1.54, 1.807) is 54.9 Å². The van der Waals surface area contributed by atoms with Crippen molar-refractivity contribution in [2.24, 2.45) is 16.7 Å². The van der Waals surface area contributed by atoms with E-state index in [0.717, 1.165) is 5.57 Å². The van der Waals surface area contributed by atoms with E-state index in [0.29, 0.717) is 37.7 Å². The van der Waals surface area contributed by atoms with E-state index >= 15 is 0 Å². The zero-order valence-corrected chi connectivity index (χ0v) is 41.4. The fourth-order valence-corrected chi connectivity index (χ4v) is 13.2. The molecule has 5 N–H and O–H groups in total. The van der Waals surface area contributed by atoms with E-state index in [2.05, 4.69) is 6.92 Å². The van der Waals surface area contributed by atoms with Gasteiger partial charge in [-0.2, -0.15) is 0 Å². The first kappa shape index (κ1) is 52.7. The number of carbonyl (C=O) groups excluding carboxylic acids is 2. The molecule has 3 aliphatic heterocycles. The lowest BCUT2D eigenvalue weighted by Crippen LogP contribution is -2.78. The second kappa shape index (κ2) is 19.8. The van der Waals surface area contributed by atoms with Crippen LogP contribution in [0.4, 0.5) is 0 Å². The highest BCUT2D eigenvalue weighted by Gasteiger charge is 2.81. The third-order valence-corrected chi connectivity index (χ3v) is 17.5. The maximum atomic E-state index is 13.0. The molecule has 0 spiro atoms. The number of hydrogen-bond acceptors (Lipinski definition) is 18. The molecule has 3 heterocycles. The molecule has 382 valence electrons. The van der Waals surface area contributed by atoms with Gasteiger partial charge in [0, 0.05) is 52.6 Å². The third-order valence-electron chi connectivity index (χ3n) is 17.5. The average Bonchev–Trinajstić information content (AvgIpc) is 3.51. The summed E-state index contributed by atoms with van der Waals surface area (Å²) in [7, 11) is 4.61. The number of esters is 2. The minimum Gasteiger partial charge on any atom is -0.462 e. The van der Waals surface area contributed by atoms with Crippen LogP contribution in [0.25, 0.3) is 0 Å². The van der Waals surface area contributed by atoms with Crippen molar-refractivity contribution < 1.29 is 87.2 Å². The van der Waals surface area contributed by atoms with Crippen LogP contribution < -0.4 is 0 Å². The smallest absolute Gasteiger partial charge is 0.333 e. The van der Waals surface area contributed by atoms with Crippen LogP contribution in [0, 0.1) is 16.7 Å². The van der Waals surface area contributed by atoms with Crippen molar-refractivity contribution in [3.63, 3.8) is 0 Å². The van der Waals surface area contributed by atoms with Gasteiger partial charge in [-0.05, 0) is 91.9 Å². The fourth-order valence-electron chi connectivity index (χ4n) is 13.2. The largest absolute Gasteiger partial charge is 0.462 e. The van der Waals surface area contributed by atoms with Crippen molar-refractivity contribution in [3.05, 3.63) is 23.3 Å². The Morgan fingerprint density at radius 2 is 1.40 bits per heavy atom. The minimum absolute atomic E-state index is 0.00102. The van der Waals surface area contributed by atoms with Gasteiger partial charge >= 0.3 is 11.9 Å². The Kier molecular flexibility index (Phi) is 15.6. The highest BCUT2D eigenvalue weighted by atomic mass is 16.8. The number of methoxy groups -OCH3 is 3. The van der Waals surface area contributed by atoms with Crippen molar-refractivity contribution in [2.75, 3.05) is 21.3 Å². The van der Waals surface area contributed by atoms with Crippen LogP contribution >= 0.6 is 0 Å². The minimum atomic E-state index is -1.92. The molecule has 6 fully saturated rings. The molecular formula is C49H78O18. The zero-order chi connectivity index (χ0) is 49.2. The molecule has 0 radical (unpaired) electrons. The molecule has 0 amide bonds. The molecule has 3 saturated heterocycles. The first-order valence-electron chi connectivity index (χ1n) is 24.2. The van der Waals surface area contributed by atoms with Crippen molar-refractivity contribution in [3.8, 4) is 0 Å². The Balaban J connectivity index is 1.01. The van der Waals surface area contributed by atoms with Crippen LogP contribution in [0.5, 0.6) is 0 Å². The predicted octanol–water partition coefficient (Wildman–Crippen LogP) is 3.29. The molecule has 0 bridgehead atoms. The van der Waals surface area contributed by atoms with Crippen LogP contribution in [0.2, 0.25) is 0 Å². The van der Waals surface area contributed by atoms with E-state index in [-0.39, 0.29) is 31.8 Å². The Hall–Kier alpha value is -2.14. The molecule has 18 nitrogen and oxygen atoms in total. The summed E-state index contributed by atoms with van der Waals surface area (Å²) in [5.74, 6) is -1.73. The molecule has 3 saturated carbocycles. The van der Waals surface area contributed by atoms with Crippen molar-refractivity contribution in [2.45, 2.75) is 235 Å². The maximum absolute atomic E-state index is 13.0. The second-order valence-electron chi connectivity index (χ2n) is 20.8. The number of fused-ring (bicyclic) bond motifs is 5. The summed E-state index contributed by atoms with van der Waals surface area (Å²) in [6, 6.07) is 0. The summed E-state index contributed by atoms with van der Waals surface area (Å²) >= 11 is 0. The second-order valence-corrected chi connectivity index (χ2v) is 20.8. The molecule has 7 rings (SSSR count). The summed E-state index contributed by atoms with van der Waals surface area (Å²) in [5, 5.41) is 59.9. The highest BCUT2D eigenvalue weighted by molar-refractivity contribution is 5.87. The lowest BCUT2D eigenvalue weighted by molar-refractivity contribution is -0.352. The number of allylic oxidation sites excluding steroid dienone is 1. The molecule has 0 aromatic rings. The van der Waals surface area contributed by atoms with E-state index in [4.69, 9.17) is 52.1 Å². The first-order chi connectivity index (χ1) is 31.5. The molecular weight excluding hydrogens is 877 g/mol. The summed E-state index contributed by atoms with van der Waals surface area (Å²) in [5.41, 5.74) is -6.24. The predicted molar refractivity (Wildman–Crippen MR) is 237 cm³/mol. The molecule has 2 unspecified atom stereocenters. The Bertz CT molecular complexity index is 1850. The molecule has 18 heteroatoms. The van der Waals surface area contributed by atoms with Gasteiger partial charge in [0.25, 0.3) is 0 Å². The van der Waals surface area contributed by atoms with Crippen LogP contribution in [-0.4, -0.2) is 174 Å². The SMILES string of the molecule is C/C=C(\C)C(=O)OC(C)[C@]1(O)CC[C@@]2(O)[C@]1(C)[C@H](OC(C)=O)CC1[C@@]3(C)CC[C@H](O[C@H]4C[C@H](OC)[C@H](O[C@H]5C[C@H](OC)[C@H](O[C@@H]6O[C@H](C)[C@@H](O)[C@@H](OC)[C@H]6O)[C@@H](C)O5)[C@@H](C)O4)CC3=CC[C@]12O. The standard InChI is InChI=1S/C49H78O18/c1-13-24(2)43(53)63-28(6)47(54)18-19-49(56)46(47,9)35(64-29(7)50)23-34-45(8)16-15-31(20-30(45)14-17-48(34,49)55)65-36-21-32(57-10)40(26(4)60-36)66-37-22-33(58-11)41(27(5)61-37)67-44-39(52)42(59-12)38(51)25(3)62-44/h13-14,25-28,31-42,44,51-52,54-56H,15-23H2,1-12H3/b24-13+/t25-,26-,27-,28?,31+,32+,33+,34?,35-,36+,37+,38-,39-,40-,41-,42-,44+,45+,46-,47-,48+,49-/m1/s1. The van der Waals surface area contributed by atoms with Crippen molar-refractivity contribution in [1.29, 1.82) is 0 Å². The van der Waals surface area contributed by atoms with Crippen LogP contribution in [-0.2, 0) is 61.7 Å². The number of ether oxygens (including phenoxy) is 11. The van der Waals surface area contributed by atoms with Gasteiger partial charge in [-0.1, -0.05) is 31.6 Å². The van der Waals surface area contributed by atoms with Gasteiger partial charge in [0.05, 0.1) is 42.0 Å². The Morgan fingerprint density at radius 3 is 1.99 bits per heavy atom. The lowest BCUT2D eigenvalue weighted by atomic mass is 9.42. The van der Waals surface area contributed by atoms with Gasteiger partial charge in [-0.15, -0.1) is 0 Å². The van der Waals surface area contributed by atoms with Gasteiger partial charge in [0.1, 0.15) is 59.5 Å². The third kappa shape index (κ3) is 8.88. The van der Waals surface area contributed by atoms with E-state index < -0.39 is 138 Å². The maximum Gasteiger partial charge on any atom is 0.333 e. The molecule has 0 aromatic carbocycles. The van der Waals surface area contributed by atoms with Gasteiger partial charge in [-0.25, -0.2) is 4.79 Å². The normalized spacial score (nSPS) is 49.4.